The van der Waals surface area contributed by atoms with Gasteiger partial charge in [-0.15, -0.1) is 0 Å². The minimum atomic E-state index is -3.26. The van der Waals surface area contributed by atoms with Crippen LogP contribution in [-0.2, 0) is 49.0 Å². The lowest BCUT2D eigenvalue weighted by Gasteiger charge is -2.32. The fraction of sp³-hybridized carbons (Fsp3) is 0.289. The minimum Gasteiger partial charge on any atom is -0.481 e. The Hall–Kier alpha value is -5.49. The van der Waals surface area contributed by atoms with Crippen molar-refractivity contribution < 1.29 is 44.4 Å². The number of methoxy groups -OCH3 is 2. The maximum Gasteiger partial charge on any atom is 0.494 e. The van der Waals surface area contributed by atoms with Crippen molar-refractivity contribution in [2.75, 3.05) is 31.5 Å². The van der Waals surface area contributed by atoms with Crippen molar-refractivity contribution in [2.45, 2.75) is 44.6 Å². The van der Waals surface area contributed by atoms with Gasteiger partial charge in [-0.3, -0.25) is 4.72 Å². The molecule has 1 aliphatic rings. The average Bonchev–Trinajstić information content (AvgIpc) is 3.79. The smallest absolute Gasteiger partial charge is 0.481 e. The van der Waals surface area contributed by atoms with E-state index in [2.05, 4.69) is 24.7 Å². The second-order valence-corrected chi connectivity index (χ2v) is 21.7. The molecule has 2 aromatic carbocycles. The van der Waals surface area contributed by atoms with Gasteiger partial charge in [0.1, 0.15) is 17.1 Å². The maximum atomic E-state index is 14.9. The van der Waals surface area contributed by atoms with Crippen molar-refractivity contribution in [3.8, 4) is 22.9 Å². The highest BCUT2D eigenvalue weighted by Gasteiger charge is 2.51. The van der Waals surface area contributed by atoms with E-state index in [0.717, 1.165) is 44.6 Å². The van der Waals surface area contributed by atoms with Crippen molar-refractivity contribution >= 4 is 105 Å². The van der Waals surface area contributed by atoms with Crippen LogP contribution in [0.3, 0.4) is 0 Å². The summed E-state index contributed by atoms with van der Waals surface area (Å²) >= 11 is 2.00. The van der Waals surface area contributed by atoms with Crippen LogP contribution in [-0.4, -0.2) is 91.0 Å². The van der Waals surface area contributed by atoms with Crippen molar-refractivity contribution in [3.05, 3.63) is 106 Å². The third kappa shape index (κ3) is 9.94. The molecule has 7 heterocycles. The molecule has 66 heavy (non-hydrogen) atoms. The number of hydrogen-bond donors (Lipinski definition) is 1. The van der Waals surface area contributed by atoms with Crippen LogP contribution in [0.1, 0.15) is 33.3 Å². The quantitative estimate of drug-likeness (QED) is 0.116. The SMILES string of the molecule is CC1(C)OB(c2ccc(NS(C)(=O)=O)cc2)OC1(C)C.COc1cc2c3c(-c4ccc(CS(C)(=O)=O)cc4)c(F)cnc3n(C)c2cn1.COc1cc2c3c(I)c(F)cnc3n(C)c2cn1. The number of nitrogens with one attached hydrogen (secondary N) is 1. The van der Waals surface area contributed by atoms with Crippen LogP contribution in [0.4, 0.5) is 14.5 Å². The first-order valence-corrected chi connectivity index (χ1v) is 25.2. The standard InChI is InChI=1S/C20H18FN3O3S.C13H20BNO4S.C12H9FIN3O/c1-24-16-10-22-17(27-2)8-14(16)19-18(15(21)9-23-20(19)24)13-6-4-12(5-7-13)11-28(3,25)26;1-12(2)13(3,4)19-14(18-12)10-6-8-11(9-7-10)15-20(5,16)17;1-17-8-5-15-9(18-2)3-6(8)10-11(14)7(13)4-16-12(10)17/h4-10H,11H2,1-3H3;6-9,15H,1-5H3;3-5H,1-2H3. The van der Waals surface area contributed by atoms with E-state index in [1.807, 2.05) is 73.5 Å². The Bertz CT molecular complexity index is 3360. The molecule has 0 unspecified atom stereocenters. The van der Waals surface area contributed by atoms with Gasteiger partial charge in [0.25, 0.3) is 0 Å². The molecule has 1 fully saturated rings. The van der Waals surface area contributed by atoms with Crippen molar-refractivity contribution in [2.24, 2.45) is 14.1 Å². The van der Waals surface area contributed by atoms with Gasteiger partial charge in [-0.25, -0.2) is 45.6 Å². The predicted octanol–water partition coefficient (Wildman–Crippen LogP) is 7.71. The molecular weight excluding hydrogens is 1010 g/mol. The number of fused-ring (bicyclic) bond motifs is 6. The van der Waals surface area contributed by atoms with Crippen LogP contribution in [0.2, 0.25) is 0 Å². The molecule has 0 saturated carbocycles. The number of hydrogen-bond acceptors (Lipinski definition) is 12. The number of nitrogens with zero attached hydrogens (tertiary/aromatic N) is 6. The highest BCUT2D eigenvalue weighted by Crippen LogP contribution is 2.39. The van der Waals surface area contributed by atoms with Crippen molar-refractivity contribution in [1.82, 2.24) is 29.1 Å². The number of aryl methyl sites for hydroxylation is 2. The number of ether oxygens (including phenoxy) is 2. The Kier molecular flexibility index (Phi) is 13.4. The number of rotatable bonds is 8. The van der Waals surface area contributed by atoms with Gasteiger partial charge in [0.15, 0.2) is 15.7 Å². The van der Waals surface area contributed by atoms with E-state index in [-0.39, 0.29) is 22.8 Å². The first kappa shape index (κ1) is 48.4. The highest BCUT2D eigenvalue weighted by atomic mass is 127. The molecule has 15 nitrogen and oxygen atoms in total. The number of sulfone groups is 1. The molecule has 0 bridgehead atoms. The van der Waals surface area contributed by atoms with Gasteiger partial charge in [-0.05, 0) is 79.0 Å². The molecule has 0 atom stereocenters. The number of anilines is 1. The summed E-state index contributed by atoms with van der Waals surface area (Å²) in [4.78, 5) is 16.8. The summed E-state index contributed by atoms with van der Waals surface area (Å²) in [5.41, 5.74) is 5.40. The van der Waals surface area contributed by atoms with Crippen LogP contribution in [0.5, 0.6) is 11.8 Å². The summed E-state index contributed by atoms with van der Waals surface area (Å²) in [7, 11) is -0.0108. The van der Waals surface area contributed by atoms with Gasteiger partial charge in [0, 0.05) is 65.3 Å². The minimum absolute atomic E-state index is 0.0569. The molecule has 1 N–H and O–H groups in total. The molecule has 1 saturated heterocycles. The van der Waals surface area contributed by atoms with Crippen LogP contribution in [0.15, 0.2) is 85.5 Å². The summed E-state index contributed by atoms with van der Waals surface area (Å²) in [6.45, 7) is 7.97. The first-order valence-electron chi connectivity index (χ1n) is 20.2. The fourth-order valence-electron chi connectivity index (χ4n) is 7.44. The van der Waals surface area contributed by atoms with Gasteiger partial charge in [-0.2, -0.15) is 0 Å². The zero-order valence-electron chi connectivity index (χ0n) is 37.8. The van der Waals surface area contributed by atoms with Crippen LogP contribution >= 0.6 is 22.6 Å². The van der Waals surface area contributed by atoms with Crippen molar-refractivity contribution in [1.29, 1.82) is 0 Å². The monoisotopic (exact) mass is 1050 g/mol. The van der Waals surface area contributed by atoms with Crippen LogP contribution in [0, 0.1) is 15.2 Å². The Balaban J connectivity index is 0.000000152. The van der Waals surface area contributed by atoms with Gasteiger partial charge in [-0.1, -0.05) is 36.4 Å². The second-order valence-electron chi connectivity index (χ2n) is 16.8. The number of benzene rings is 2. The Morgan fingerprint density at radius 1 is 0.712 bits per heavy atom. The largest absolute Gasteiger partial charge is 0.494 e. The topological polar surface area (TPSA) is 179 Å². The molecule has 0 spiro atoms. The zero-order chi connectivity index (χ0) is 48.1. The molecule has 21 heteroatoms. The molecule has 346 valence electrons. The van der Waals surface area contributed by atoms with Gasteiger partial charge >= 0.3 is 7.12 Å². The maximum absolute atomic E-state index is 14.9. The Morgan fingerprint density at radius 3 is 1.68 bits per heavy atom. The van der Waals surface area contributed by atoms with E-state index < -0.39 is 32.8 Å². The average molecular weight is 1050 g/mol. The highest BCUT2D eigenvalue weighted by molar-refractivity contribution is 14.1. The molecule has 9 rings (SSSR count). The number of pyridine rings is 4. The normalized spacial score (nSPS) is 14.5. The number of aromatic nitrogens is 6. The van der Waals surface area contributed by atoms with E-state index >= 15 is 0 Å². The second kappa shape index (κ2) is 18.3. The lowest BCUT2D eigenvalue weighted by Crippen LogP contribution is -2.41. The van der Waals surface area contributed by atoms with Crippen molar-refractivity contribution in [3.63, 3.8) is 0 Å². The summed E-state index contributed by atoms with van der Waals surface area (Å²) in [5, 5.41) is 3.14. The van der Waals surface area contributed by atoms with E-state index in [1.165, 1.54) is 25.8 Å². The lowest BCUT2D eigenvalue weighted by molar-refractivity contribution is 0.00578. The number of sulfonamides is 1. The molecule has 0 radical (unpaired) electrons. The van der Waals surface area contributed by atoms with E-state index in [4.69, 9.17) is 18.8 Å². The molecule has 1 aliphatic heterocycles. The fourth-order valence-corrected chi connectivity index (χ4v) is 9.47. The first-order chi connectivity index (χ1) is 30.9. The zero-order valence-corrected chi connectivity index (χ0v) is 41.6. The summed E-state index contributed by atoms with van der Waals surface area (Å²) in [5.74, 6) is 0.116. The van der Waals surface area contributed by atoms with E-state index in [1.54, 1.807) is 80.2 Å². The van der Waals surface area contributed by atoms with Gasteiger partial charge in [0.05, 0.1) is 76.8 Å². The lowest BCUT2D eigenvalue weighted by atomic mass is 9.79. The molecule has 8 aromatic rings. The molecule has 0 amide bonds. The van der Waals surface area contributed by atoms with Crippen LogP contribution < -0.4 is 19.7 Å². The van der Waals surface area contributed by atoms with Gasteiger partial charge in [0.2, 0.25) is 21.8 Å². The summed E-state index contributed by atoms with van der Waals surface area (Å²) in [6.07, 6.45) is 8.13. The molecule has 6 aromatic heterocycles. The van der Waals surface area contributed by atoms with E-state index in [9.17, 15) is 25.6 Å². The van der Waals surface area contributed by atoms with Crippen LogP contribution in [0.25, 0.3) is 55.0 Å². The third-order valence-electron chi connectivity index (χ3n) is 11.4. The molecule has 0 aliphatic carbocycles. The Morgan fingerprint density at radius 2 is 1.20 bits per heavy atom. The summed E-state index contributed by atoms with van der Waals surface area (Å²) in [6, 6.07) is 17.4. The number of halogens is 3. The van der Waals surface area contributed by atoms with Gasteiger partial charge < -0.3 is 27.9 Å². The summed E-state index contributed by atoms with van der Waals surface area (Å²) < 4.78 is 103. The molecular formula is C45H47BF2IN7O8S2. The Labute approximate surface area is 395 Å². The predicted molar refractivity (Wildman–Crippen MR) is 262 cm³/mol. The van der Waals surface area contributed by atoms with E-state index in [0.29, 0.717) is 48.7 Å². The third-order valence-corrected chi connectivity index (χ3v) is 13.9.